The molecule has 0 aliphatic carbocycles. The molecule has 0 radical (unpaired) electrons. The van der Waals surface area contributed by atoms with Crippen molar-refractivity contribution in [3.63, 3.8) is 0 Å². The molecular formula is C26H24N4O5S3. The van der Waals surface area contributed by atoms with Crippen LogP contribution in [0.15, 0.2) is 68.4 Å². The SMILES string of the molecule is COc1cc(/C=N/NC(=O)CSc2nnc(SCc3cccc4ccccc34)s2)cc(OC)c1OC(C)=O. The summed E-state index contributed by atoms with van der Waals surface area (Å²) in [5.74, 6) is 0.902. The average molecular weight is 569 g/mol. The minimum absolute atomic E-state index is 0.137. The summed E-state index contributed by atoms with van der Waals surface area (Å²) < 4.78 is 17.3. The van der Waals surface area contributed by atoms with Crippen LogP contribution in [-0.4, -0.2) is 48.3 Å². The summed E-state index contributed by atoms with van der Waals surface area (Å²) in [6.45, 7) is 1.29. The highest BCUT2D eigenvalue weighted by molar-refractivity contribution is 8.03. The van der Waals surface area contributed by atoms with E-state index in [2.05, 4.69) is 51.1 Å². The molecule has 4 aromatic rings. The number of ether oxygens (including phenoxy) is 3. The first kappa shape index (κ1) is 27.4. The van der Waals surface area contributed by atoms with E-state index in [1.165, 1.54) is 66.8 Å². The van der Waals surface area contributed by atoms with Gasteiger partial charge in [-0.15, -0.1) is 10.2 Å². The van der Waals surface area contributed by atoms with Gasteiger partial charge in [-0.05, 0) is 28.5 Å². The lowest BCUT2D eigenvalue weighted by Crippen LogP contribution is -2.19. The standard InChI is InChI=1S/C26H24N4O5S3/c1-16(31)35-24-21(33-2)11-17(12-22(24)34-3)13-27-28-23(32)15-37-26-30-29-25(38-26)36-14-19-9-6-8-18-7-4-5-10-20(18)19/h4-13H,14-15H2,1-3H3,(H,28,32)/b27-13+. The number of nitrogens with zero attached hydrogens (tertiary/aromatic N) is 3. The van der Waals surface area contributed by atoms with Crippen molar-refractivity contribution in [3.8, 4) is 17.2 Å². The first-order valence-corrected chi connectivity index (χ1v) is 14.1. The molecular weight excluding hydrogens is 545 g/mol. The third-order valence-electron chi connectivity index (χ3n) is 5.08. The molecule has 0 atom stereocenters. The lowest BCUT2D eigenvalue weighted by Gasteiger charge is -2.13. The number of rotatable bonds is 11. The second-order valence-corrected chi connectivity index (χ2v) is 11.1. The first-order chi connectivity index (χ1) is 18.5. The zero-order chi connectivity index (χ0) is 26.9. The van der Waals surface area contributed by atoms with Crippen molar-refractivity contribution in [1.82, 2.24) is 15.6 Å². The lowest BCUT2D eigenvalue weighted by atomic mass is 10.1. The van der Waals surface area contributed by atoms with Gasteiger partial charge in [-0.2, -0.15) is 5.10 Å². The summed E-state index contributed by atoms with van der Waals surface area (Å²) in [5.41, 5.74) is 4.31. The largest absolute Gasteiger partial charge is 0.493 e. The number of amides is 1. The maximum Gasteiger partial charge on any atom is 0.308 e. The van der Waals surface area contributed by atoms with Crippen molar-refractivity contribution in [2.45, 2.75) is 21.4 Å². The fraction of sp³-hybridized carbons (Fsp3) is 0.192. The number of nitrogens with one attached hydrogen (secondary N) is 1. The topological polar surface area (TPSA) is 112 Å². The van der Waals surface area contributed by atoms with E-state index >= 15 is 0 Å². The van der Waals surface area contributed by atoms with Gasteiger partial charge in [-0.3, -0.25) is 9.59 Å². The molecule has 196 valence electrons. The number of fused-ring (bicyclic) bond motifs is 1. The summed E-state index contributed by atoms with van der Waals surface area (Å²) in [6.07, 6.45) is 1.44. The number of carbonyl (C=O) groups excluding carboxylic acids is 2. The minimum atomic E-state index is -0.501. The second kappa shape index (κ2) is 13.3. The number of carbonyl (C=O) groups is 2. The highest BCUT2D eigenvalue weighted by Gasteiger charge is 2.16. The lowest BCUT2D eigenvalue weighted by molar-refractivity contribution is -0.132. The van der Waals surface area contributed by atoms with Crippen molar-refractivity contribution >= 4 is 63.7 Å². The van der Waals surface area contributed by atoms with E-state index in [-0.39, 0.29) is 17.4 Å². The summed E-state index contributed by atoms with van der Waals surface area (Å²) in [6, 6.07) is 17.8. The molecule has 9 nitrogen and oxygen atoms in total. The smallest absolute Gasteiger partial charge is 0.308 e. The normalized spacial score (nSPS) is 11.0. The Morgan fingerprint density at radius 3 is 2.39 bits per heavy atom. The zero-order valence-corrected chi connectivity index (χ0v) is 23.2. The van der Waals surface area contributed by atoms with Gasteiger partial charge in [-0.25, -0.2) is 5.43 Å². The Labute approximate surface area is 232 Å². The molecule has 1 N–H and O–H groups in total. The van der Waals surface area contributed by atoms with Crippen LogP contribution in [0.3, 0.4) is 0 Å². The molecule has 3 aromatic carbocycles. The molecule has 4 rings (SSSR count). The van der Waals surface area contributed by atoms with E-state index in [9.17, 15) is 9.59 Å². The maximum atomic E-state index is 12.3. The van der Waals surface area contributed by atoms with Crippen LogP contribution in [0, 0.1) is 0 Å². The first-order valence-electron chi connectivity index (χ1n) is 11.3. The van der Waals surface area contributed by atoms with Gasteiger partial charge in [0, 0.05) is 18.2 Å². The van der Waals surface area contributed by atoms with Crippen molar-refractivity contribution in [2.75, 3.05) is 20.0 Å². The molecule has 38 heavy (non-hydrogen) atoms. The van der Waals surface area contributed by atoms with Gasteiger partial charge in [0.2, 0.25) is 5.75 Å². The van der Waals surface area contributed by atoms with E-state index in [1.807, 2.05) is 12.1 Å². The molecule has 0 spiro atoms. The van der Waals surface area contributed by atoms with E-state index < -0.39 is 5.97 Å². The Morgan fingerprint density at radius 2 is 1.68 bits per heavy atom. The van der Waals surface area contributed by atoms with Gasteiger partial charge < -0.3 is 14.2 Å². The van der Waals surface area contributed by atoms with Gasteiger partial charge in [-0.1, -0.05) is 77.3 Å². The maximum absolute atomic E-state index is 12.3. The molecule has 0 unspecified atom stereocenters. The number of aromatic nitrogens is 2. The predicted molar refractivity (Wildman–Crippen MR) is 151 cm³/mol. The van der Waals surface area contributed by atoms with Crippen LogP contribution in [0.2, 0.25) is 0 Å². The molecule has 1 aromatic heterocycles. The number of methoxy groups -OCH3 is 2. The Balaban J connectivity index is 1.28. The Hall–Kier alpha value is -3.61. The molecule has 0 bridgehead atoms. The van der Waals surface area contributed by atoms with Gasteiger partial charge in [0.15, 0.2) is 20.2 Å². The minimum Gasteiger partial charge on any atom is -0.493 e. The van der Waals surface area contributed by atoms with E-state index in [1.54, 1.807) is 23.9 Å². The van der Waals surface area contributed by atoms with Gasteiger partial charge >= 0.3 is 5.97 Å². The van der Waals surface area contributed by atoms with Crippen molar-refractivity contribution in [3.05, 3.63) is 65.7 Å². The van der Waals surface area contributed by atoms with Crippen molar-refractivity contribution < 1.29 is 23.8 Å². The third kappa shape index (κ3) is 7.24. The molecule has 0 aliphatic rings. The summed E-state index contributed by atoms with van der Waals surface area (Å²) in [5, 5.41) is 14.9. The van der Waals surface area contributed by atoms with E-state index in [0.717, 1.165) is 10.1 Å². The molecule has 0 fully saturated rings. The van der Waals surface area contributed by atoms with Crippen molar-refractivity contribution in [2.24, 2.45) is 5.10 Å². The average Bonchev–Trinajstić information content (AvgIpc) is 3.38. The monoisotopic (exact) mass is 568 g/mol. The van der Waals surface area contributed by atoms with Crippen molar-refractivity contribution in [1.29, 1.82) is 0 Å². The van der Waals surface area contributed by atoms with Crippen LogP contribution < -0.4 is 19.6 Å². The van der Waals surface area contributed by atoms with Crippen LogP contribution in [0.1, 0.15) is 18.1 Å². The highest BCUT2D eigenvalue weighted by Crippen LogP contribution is 2.38. The van der Waals surface area contributed by atoms with Crippen LogP contribution in [-0.2, 0) is 15.3 Å². The molecule has 0 aliphatic heterocycles. The fourth-order valence-corrected chi connectivity index (χ4v) is 6.25. The summed E-state index contributed by atoms with van der Waals surface area (Å²) in [4.78, 5) is 23.6. The number of hydrogen-bond acceptors (Lipinski definition) is 11. The van der Waals surface area contributed by atoms with Crippen LogP contribution in [0.25, 0.3) is 10.8 Å². The number of hydrogen-bond donors (Lipinski definition) is 1. The van der Waals surface area contributed by atoms with Crippen LogP contribution >= 0.6 is 34.9 Å². The quantitative estimate of drug-likeness (QED) is 0.0861. The number of thioether (sulfide) groups is 2. The molecule has 12 heteroatoms. The van der Waals surface area contributed by atoms with Gasteiger partial charge in [0.1, 0.15) is 0 Å². The Morgan fingerprint density at radius 1 is 1.00 bits per heavy atom. The zero-order valence-electron chi connectivity index (χ0n) is 20.8. The summed E-state index contributed by atoms with van der Waals surface area (Å²) in [7, 11) is 2.89. The van der Waals surface area contributed by atoms with E-state index in [0.29, 0.717) is 21.4 Å². The van der Waals surface area contributed by atoms with Gasteiger partial charge in [0.25, 0.3) is 5.91 Å². The molecule has 1 amide bonds. The van der Waals surface area contributed by atoms with E-state index in [4.69, 9.17) is 14.2 Å². The van der Waals surface area contributed by atoms with Crippen LogP contribution in [0.4, 0.5) is 0 Å². The fourth-order valence-electron chi connectivity index (χ4n) is 3.43. The number of esters is 1. The Bertz CT molecular complexity index is 1440. The summed E-state index contributed by atoms with van der Waals surface area (Å²) >= 11 is 4.38. The number of hydrazone groups is 1. The second-order valence-electron chi connectivity index (χ2n) is 7.69. The molecule has 1 heterocycles. The molecule has 0 saturated heterocycles. The molecule has 0 saturated carbocycles. The van der Waals surface area contributed by atoms with Gasteiger partial charge in [0.05, 0.1) is 26.2 Å². The highest BCUT2D eigenvalue weighted by atomic mass is 32.2. The third-order valence-corrected chi connectivity index (χ3v) is 8.32. The predicted octanol–water partition coefficient (Wildman–Crippen LogP) is 5.17. The number of benzene rings is 3. The Kier molecular flexibility index (Phi) is 9.57. The van der Waals surface area contributed by atoms with Crippen LogP contribution in [0.5, 0.6) is 17.2 Å².